The Labute approximate surface area is 355 Å². The highest BCUT2D eigenvalue weighted by Crippen LogP contribution is 2.54. The Kier molecular flexibility index (Phi) is 7.59. The Balaban J connectivity index is 1.17. The number of para-hydroxylation sites is 1. The summed E-state index contributed by atoms with van der Waals surface area (Å²) in [5.41, 5.74) is 18.4. The lowest BCUT2D eigenvalue weighted by Gasteiger charge is -2.23. The van der Waals surface area contributed by atoms with Gasteiger partial charge in [0.25, 0.3) is 0 Å². The van der Waals surface area contributed by atoms with Crippen molar-refractivity contribution in [3.63, 3.8) is 0 Å². The molecule has 0 bridgehead atoms. The minimum Gasteiger partial charge on any atom is -0.277 e. The minimum absolute atomic E-state index is 0.176. The molecule has 2 aliphatic rings. The minimum atomic E-state index is -0.262. The second kappa shape index (κ2) is 13.0. The van der Waals surface area contributed by atoms with Gasteiger partial charge < -0.3 is 0 Å². The Morgan fingerprint density at radius 1 is 0.377 bits per heavy atom. The van der Waals surface area contributed by atoms with Crippen LogP contribution in [0.5, 0.6) is 0 Å². The quantitative estimate of drug-likeness (QED) is 0.175. The molecule has 8 aromatic carbocycles. The van der Waals surface area contributed by atoms with Gasteiger partial charge in [0.2, 0.25) is 5.95 Å². The van der Waals surface area contributed by atoms with Crippen molar-refractivity contribution < 1.29 is 0 Å². The summed E-state index contributed by atoms with van der Waals surface area (Å²) in [5.74, 6) is 1.88. The monoisotopic (exact) mass is 782 g/mol. The highest BCUT2D eigenvalue weighted by atomic mass is 15.2. The molecule has 0 unspecified atom stereocenters. The number of nitrogens with zero attached hydrogens (tertiary/aromatic N) is 4. The fraction of sp³-hybridized carbons (Fsp3) is 0.105. The van der Waals surface area contributed by atoms with Crippen LogP contribution in [-0.4, -0.2) is 19.5 Å². The Morgan fingerprint density at radius 3 is 1.75 bits per heavy atom. The Bertz CT molecular complexity index is 3420. The van der Waals surface area contributed by atoms with Crippen LogP contribution in [0.25, 0.3) is 95.0 Å². The summed E-state index contributed by atoms with van der Waals surface area (Å²) < 4.78 is 2.32. The van der Waals surface area contributed by atoms with Crippen LogP contribution in [0.4, 0.5) is 0 Å². The maximum atomic E-state index is 5.59. The fourth-order valence-electron chi connectivity index (χ4n) is 10.6. The maximum absolute atomic E-state index is 5.59. The summed E-state index contributed by atoms with van der Waals surface area (Å²) in [4.78, 5) is 16.7. The third-order valence-corrected chi connectivity index (χ3v) is 13.5. The van der Waals surface area contributed by atoms with Crippen LogP contribution >= 0.6 is 0 Å². The van der Waals surface area contributed by atoms with Crippen molar-refractivity contribution in [2.75, 3.05) is 0 Å². The predicted octanol–water partition coefficient (Wildman–Crippen LogP) is 14.2. The van der Waals surface area contributed by atoms with Gasteiger partial charge in [0.15, 0.2) is 11.6 Å². The molecule has 0 aliphatic heterocycles. The number of benzene rings is 8. The molecular formula is C57H42N4. The van der Waals surface area contributed by atoms with Gasteiger partial charge in [-0.2, -0.15) is 9.97 Å². The Hall–Kier alpha value is -7.43. The van der Waals surface area contributed by atoms with E-state index < -0.39 is 0 Å². The lowest BCUT2D eigenvalue weighted by atomic mass is 9.81. The van der Waals surface area contributed by atoms with E-state index in [0.29, 0.717) is 17.6 Å². The molecule has 0 atom stereocenters. The van der Waals surface area contributed by atoms with Gasteiger partial charge in [-0.25, -0.2) is 4.98 Å². The molecule has 0 N–H and O–H groups in total. The van der Waals surface area contributed by atoms with Crippen molar-refractivity contribution in [2.24, 2.45) is 0 Å². The van der Waals surface area contributed by atoms with Crippen molar-refractivity contribution in [3.05, 3.63) is 204 Å². The van der Waals surface area contributed by atoms with Gasteiger partial charge in [-0.15, -0.1) is 0 Å². The molecule has 0 spiro atoms. The maximum Gasteiger partial charge on any atom is 0.238 e. The number of hydrogen-bond donors (Lipinski definition) is 0. The fourth-order valence-corrected chi connectivity index (χ4v) is 10.6. The lowest BCUT2D eigenvalue weighted by Crippen LogP contribution is -2.17. The van der Waals surface area contributed by atoms with Crippen molar-refractivity contribution in [1.29, 1.82) is 0 Å². The zero-order valence-corrected chi connectivity index (χ0v) is 34.6. The zero-order valence-electron chi connectivity index (χ0n) is 34.6. The molecule has 2 aliphatic carbocycles. The number of fused-ring (bicyclic) bond motifs is 10. The van der Waals surface area contributed by atoms with Crippen LogP contribution < -0.4 is 0 Å². The van der Waals surface area contributed by atoms with Crippen molar-refractivity contribution in [3.8, 4) is 73.2 Å². The van der Waals surface area contributed by atoms with E-state index in [2.05, 4.69) is 214 Å². The summed E-state index contributed by atoms with van der Waals surface area (Å²) in [7, 11) is 0. The smallest absolute Gasteiger partial charge is 0.238 e. The molecule has 61 heavy (non-hydrogen) atoms. The molecule has 0 amide bonds. The SMILES string of the molecule is CC1(C)c2ccccc2-c2c(-c3nc(-c4ccccc4-c4cccc(-c5ccccc5)c4)nc(-n4c5ccccc5c5ccc6c(c54)C(C)(C)c4ccccc4-6)n3)cccc21. The first-order valence-corrected chi connectivity index (χ1v) is 21.2. The summed E-state index contributed by atoms with van der Waals surface area (Å²) in [5, 5.41) is 2.36. The van der Waals surface area contributed by atoms with Crippen LogP contribution in [0.3, 0.4) is 0 Å². The van der Waals surface area contributed by atoms with Gasteiger partial charge in [0, 0.05) is 32.7 Å². The zero-order chi connectivity index (χ0) is 41.0. The largest absolute Gasteiger partial charge is 0.277 e. The van der Waals surface area contributed by atoms with Crippen LogP contribution in [0, 0.1) is 0 Å². The van der Waals surface area contributed by atoms with Crippen LogP contribution in [0.2, 0.25) is 0 Å². The summed E-state index contributed by atoms with van der Waals surface area (Å²) in [6.45, 7) is 9.36. The first kappa shape index (κ1) is 35.5. The normalized spacial score (nSPS) is 14.2. The summed E-state index contributed by atoms with van der Waals surface area (Å²) in [6, 6.07) is 65.5. The molecule has 4 nitrogen and oxygen atoms in total. The van der Waals surface area contributed by atoms with Crippen molar-refractivity contribution >= 4 is 21.8 Å². The molecule has 0 saturated carbocycles. The van der Waals surface area contributed by atoms with E-state index in [-0.39, 0.29) is 10.8 Å². The van der Waals surface area contributed by atoms with E-state index in [0.717, 1.165) is 38.9 Å². The predicted molar refractivity (Wildman–Crippen MR) is 251 cm³/mol. The Morgan fingerprint density at radius 2 is 0.951 bits per heavy atom. The molecular weight excluding hydrogens is 741 g/mol. The number of aromatic nitrogens is 4. The van der Waals surface area contributed by atoms with E-state index in [4.69, 9.17) is 15.0 Å². The van der Waals surface area contributed by atoms with Gasteiger partial charge in [-0.05, 0) is 78.9 Å². The van der Waals surface area contributed by atoms with Gasteiger partial charge in [-0.1, -0.05) is 198 Å². The number of rotatable bonds is 5. The van der Waals surface area contributed by atoms with Crippen LogP contribution in [0.15, 0.2) is 182 Å². The third kappa shape index (κ3) is 5.15. The average molecular weight is 783 g/mol. The molecule has 12 rings (SSSR count). The molecule has 2 aromatic heterocycles. The van der Waals surface area contributed by atoms with Gasteiger partial charge in [0.05, 0.1) is 11.0 Å². The van der Waals surface area contributed by atoms with Crippen LogP contribution in [-0.2, 0) is 10.8 Å². The molecule has 0 saturated heterocycles. The second-order valence-electron chi connectivity index (χ2n) is 17.6. The van der Waals surface area contributed by atoms with E-state index in [1.165, 1.54) is 60.8 Å². The van der Waals surface area contributed by atoms with E-state index in [1.54, 1.807) is 0 Å². The standard InChI is InChI=1S/C57H42N4/c1-56(2)47-29-14-11-26-44(47)50-45(27-17-30-48(50)56)54-58-53(43-25-9-8-22-38(43)37-21-16-20-36(34-37)35-18-6-5-7-19-35)59-55(60-54)61-49-31-15-12-24-40(49)42-33-32-41-39-23-10-13-28-46(39)57(3,4)51(41)52(42)61/h5-34H,1-4H3. The summed E-state index contributed by atoms with van der Waals surface area (Å²) in [6.07, 6.45) is 0. The lowest BCUT2D eigenvalue weighted by molar-refractivity contribution is 0.660. The molecule has 2 heterocycles. The second-order valence-corrected chi connectivity index (χ2v) is 17.6. The molecule has 4 heteroatoms. The first-order chi connectivity index (χ1) is 29.8. The van der Waals surface area contributed by atoms with E-state index in [1.807, 2.05) is 0 Å². The van der Waals surface area contributed by atoms with Crippen molar-refractivity contribution in [2.45, 2.75) is 38.5 Å². The highest BCUT2D eigenvalue weighted by molar-refractivity contribution is 6.13. The highest BCUT2D eigenvalue weighted by Gasteiger charge is 2.40. The molecule has 10 aromatic rings. The average Bonchev–Trinajstić information content (AvgIpc) is 3.86. The number of hydrogen-bond acceptors (Lipinski definition) is 3. The van der Waals surface area contributed by atoms with Gasteiger partial charge >= 0.3 is 0 Å². The van der Waals surface area contributed by atoms with Gasteiger partial charge in [0.1, 0.15) is 0 Å². The van der Waals surface area contributed by atoms with Crippen LogP contribution in [0.1, 0.15) is 49.9 Å². The summed E-state index contributed by atoms with van der Waals surface area (Å²) >= 11 is 0. The first-order valence-electron chi connectivity index (χ1n) is 21.2. The van der Waals surface area contributed by atoms with Gasteiger partial charge in [-0.3, -0.25) is 4.57 Å². The van der Waals surface area contributed by atoms with Crippen molar-refractivity contribution in [1.82, 2.24) is 19.5 Å². The van der Waals surface area contributed by atoms with E-state index >= 15 is 0 Å². The molecule has 290 valence electrons. The molecule has 0 fully saturated rings. The van der Waals surface area contributed by atoms with E-state index in [9.17, 15) is 0 Å². The molecule has 0 radical (unpaired) electrons. The topological polar surface area (TPSA) is 43.6 Å². The third-order valence-electron chi connectivity index (χ3n) is 13.5.